The molecule has 6 heteroatoms. The predicted octanol–water partition coefficient (Wildman–Crippen LogP) is 3.04. The first-order valence-corrected chi connectivity index (χ1v) is 9.68. The Morgan fingerprint density at radius 3 is 2.64 bits per heavy atom. The second kappa shape index (κ2) is 9.15. The Morgan fingerprint density at radius 1 is 1.20 bits per heavy atom. The molecule has 0 aliphatic carbocycles. The van der Waals surface area contributed by atoms with Crippen molar-refractivity contribution in [3.05, 3.63) is 29.8 Å². The zero-order valence-electron chi connectivity index (χ0n) is 15.0. The van der Waals surface area contributed by atoms with Crippen LogP contribution in [-0.2, 0) is 4.74 Å². The van der Waals surface area contributed by atoms with Crippen molar-refractivity contribution in [2.45, 2.75) is 45.1 Å². The number of hydrogen-bond acceptors (Lipinski definition) is 4. The number of rotatable bonds is 5. The van der Waals surface area contributed by atoms with Crippen LogP contribution in [0.2, 0.25) is 0 Å². The normalized spacial score (nSPS) is 21.2. The summed E-state index contributed by atoms with van der Waals surface area (Å²) in [5.41, 5.74) is 6.26. The summed E-state index contributed by atoms with van der Waals surface area (Å²) >= 11 is 5.27. The van der Waals surface area contributed by atoms with Crippen LogP contribution in [0.15, 0.2) is 29.4 Å². The lowest BCUT2D eigenvalue weighted by atomic mass is 10.1. The molecule has 1 atom stereocenters. The fourth-order valence-electron chi connectivity index (χ4n) is 3.32. The summed E-state index contributed by atoms with van der Waals surface area (Å²) in [6, 6.07) is 8.64. The molecule has 0 saturated carbocycles. The maximum Gasteiger partial charge on any atom is 0.187 e. The van der Waals surface area contributed by atoms with Crippen LogP contribution >= 0.6 is 12.2 Å². The van der Waals surface area contributed by atoms with Gasteiger partial charge in [-0.2, -0.15) is 5.10 Å². The summed E-state index contributed by atoms with van der Waals surface area (Å²) in [6.07, 6.45) is 6.45. The van der Waals surface area contributed by atoms with Crippen LogP contribution in [0.1, 0.15) is 44.6 Å². The minimum atomic E-state index is 0.271. The molecule has 0 unspecified atom stereocenters. The molecule has 25 heavy (non-hydrogen) atoms. The van der Waals surface area contributed by atoms with Crippen LogP contribution < -0.4 is 15.6 Å². The SMILES string of the molecule is C/C(=N/NC(=S)NC[C@H]1CCCO1)c1ccc(N2CCCCC2)cc1. The zero-order chi connectivity index (χ0) is 17.5. The number of nitrogens with zero attached hydrogens (tertiary/aromatic N) is 2. The van der Waals surface area contributed by atoms with Gasteiger partial charge in [0.15, 0.2) is 5.11 Å². The molecule has 0 radical (unpaired) electrons. The van der Waals surface area contributed by atoms with Gasteiger partial charge in [-0.05, 0) is 68.9 Å². The molecule has 1 aromatic rings. The summed E-state index contributed by atoms with van der Waals surface area (Å²) in [7, 11) is 0. The molecule has 136 valence electrons. The van der Waals surface area contributed by atoms with E-state index in [-0.39, 0.29) is 6.10 Å². The summed E-state index contributed by atoms with van der Waals surface area (Å²) < 4.78 is 5.57. The third kappa shape index (κ3) is 5.41. The lowest BCUT2D eigenvalue weighted by molar-refractivity contribution is 0.114. The number of anilines is 1. The highest BCUT2D eigenvalue weighted by Crippen LogP contribution is 2.20. The number of hydrazone groups is 1. The fourth-order valence-corrected chi connectivity index (χ4v) is 3.45. The van der Waals surface area contributed by atoms with Crippen molar-refractivity contribution in [1.29, 1.82) is 0 Å². The van der Waals surface area contributed by atoms with Crippen molar-refractivity contribution >= 4 is 28.7 Å². The molecule has 2 aliphatic rings. The molecule has 0 aromatic heterocycles. The Labute approximate surface area is 155 Å². The molecule has 0 bridgehead atoms. The molecule has 2 heterocycles. The topological polar surface area (TPSA) is 48.9 Å². The summed E-state index contributed by atoms with van der Waals surface area (Å²) in [4.78, 5) is 2.46. The van der Waals surface area contributed by atoms with Crippen molar-refractivity contribution in [2.75, 3.05) is 31.1 Å². The molecule has 0 amide bonds. The van der Waals surface area contributed by atoms with Gasteiger partial charge >= 0.3 is 0 Å². The van der Waals surface area contributed by atoms with Crippen molar-refractivity contribution in [3.63, 3.8) is 0 Å². The Hall–Kier alpha value is -1.66. The van der Waals surface area contributed by atoms with E-state index < -0.39 is 0 Å². The standard InChI is InChI=1S/C19H28N4OS/c1-15(21-22-19(25)20-14-18-6-5-13-24-18)16-7-9-17(10-8-16)23-11-3-2-4-12-23/h7-10,18H,2-6,11-14H2,1H3,(H2,20,22,25)/b21-15-/t18-/m1/s1. The first kappa shape index (κ1) is 18.1. The molecule has 2 saturated heterocycles. The van der Waals surface area contributed by atoms with Gasteiger partial charge in [0, 0.05) is 31.9 Å². The van der Waals surface area contributed by atoms with E-state index in [1.807, 2.05) is 6.92 Å². The number of hydrogen-bond donors (Lipinski definition) is 2. The Kier molecular flexibility index (Phi) is 6.64. The van der Waals surface area contributed by atoms with Crippen LogP contribution in [0.5, 0.6) is 0 Å². The maximum atomic E-state index is 5.57. The van der Waals surface area contributed by atoms with Crippen molar-refractivity contribution in [1.82, 2.24) is 10.7 Å². The monoisotopic (exact) mass is 360 g/mol. The van der Waals surface area contributed by atoms with Crippen LogP contribution in [0.3, 0.4) is 0 Å². The van der Waals surface area contributed by atoms with Gasteiger partial charge in [-0.3, -0.25) is 5.43 Å². The maximum absolute atomic E-state index is 5.57. The van der Waals surface area contributed by atoms with E-state index in [4.69, 9.17) is 17.0 Å². The van der Waals surface area contributed by atoms with E-state index >= 15 is 0 Å². The van der Waals surface area contributed by atoms with E-state index in [0.29, 0.717) is 5.11 Å². The summed E-state index contributed by atoms with van der Waals surface area (Å²) in [5, 5.41) is 8.10. The third-order valence-electron chi connectivity index (χ3n) is 4.85. The second-order valence-corrected chi connectivity index (χ2v) is 7.16. The molecule has 2 aliphatic heterocycles. The van der Waals surface area contributed by atoms with Gasteiger partial charge in [-0.1, -0.05) is 12.1 Å². The number of nitrogens with one attached hydrogen (secondary N) is 2. The molecule has 5 nitrogen and oxygen atoms in total. The fraction of sp³-hybridized carbons (Fsp3) is 0.579. The van der Waals surface area contributed by atoms with Gasteiger partial charge in [0.25, 0.3) is 0 Å². The highest BCUT2D eigenvalue weighted by atomic mass is 32.1. The van der Waals surface area contributed by atoms with Gasteiger partial charge in [0.2, 0.25) is 0 Å². The lowest BCUT2D eigenvalue weighted by Crippen LogP contribution is -2.37. The molecular weight excluding hydrogens is 332 g/mol. The number of benzene rings is 1. The van der Waals surface area contributed by atoms with Gasteiger partial charge < -0.3 is 15.0 Å². The average molecular weight is 361 g/mol. The Morgan fingerprint density at radius 2 is 1.96 bits per heavy atom. The molecule has 3 rings (SSSR count). The molecule has 1 aromatic carbocycles. The highest BCUT2D eigenvalue weighted by Gasteiger charge is 2.15. The number of thiocarbonyl (C=S) groups is 1. The Balaban J connectivity index is 1.48. The van der Waals surface area contributed by atoms with E-state index in [1.54, 1.807) is 0 Å². The molecule has 2 N–H and O–H groups in total. The van der Waals surface area contributed by atoms with Gasteiger partial charge in [0.05, 0.1) is 11.8 Å². The van der Waals surface area contributed by atoms with Gasteiger partial charge in [0.1, 0.15) is 0 Å². The molecule has 0 spiro atoms. The van der Waals surface area contributed by atoms with E-state index in [2.05, 4.69) is 45.0 Å². The second-order valence-electron chi connectivity index (χ2n) is 6.75. The largest absolute Gasteiger partial charge is 0.376 e. The third-order valence-corrected chi connectivity index (χ3v) is 5.08. The number of piperidine rings is 1. The minimum absolute atomic E-state index is 0.271. The molecule has 2 fully saturated rings. The van der Waals surface area contributed by atoms with Crippen LogP contribution in [0.4, 0.5) is 5.69 Å². The highest BCUT2D eigenvalue weighted by molar-refractivity contribution is 7.80. The first-order valence-electron chi connectivity index (χ1n) is 9.27. The van der Waals surface area contributed by atoms with E-state index in [1.165, 1.54) is 38.0 Å². The summed E-state index contributed by atoms with van der Waals surface area (Å²) in [6.45, 7) is 5.92. The van der Waals surface area contributed by atoms with Crippen LogP contribution in [-0.4, -0.2) is 43.2 Å². The smallest absolute Gasteiger partial charge is 0.187 e. The summed E-state index contributed by atoms with van der Waals surface area (Å²) in [5.74, 6) is 0. The lowest BCUT2D eigenvalue weighted by Gasteiger charge is -2.28. The average Bonchev–Trinajstić information content (AvgIpc) is 3.19. The van der Waals surface area contributed by atoms with Crippen molar-refractivity contribution in [3.8, 4) is 0 Å². The van der Waals surface area contributed by atoms with Crippen molar-refractivity contribution < 1.29 is 4.74 Å². The molecular formula is C19H28N4OS. The van der Waals surface area contributed by atoms with E-state index in [0.717, 1.165) is 37.3 Å². The van der Waals surface area contributed by atoms with Crippen LogP contribution in [0, 0.1) is 0 Å². The Bertz CT molecular complexity index is 590. The quantitative estimate of drug-likeness (QED) is 0.480. The number of ether oxygens (including phenoxy) is 1. The van der Waals surface area contributed by atoms with E-state index in [9.17, 15) is 0 Å². The van der Waals surface area contributed by atoms with Gasteiger partial charge in [-0.15, -0.1) is 0 Å². The predicted molar refractivity (Wildman–Crippen MR) is 107 cm³/mol. The van der Waals surface area contributed by atoms with Crippen molar-refractivity contribution in [2.24, 2.45) is 5.10 Å². The van der Waals surface area contributed by atoms with Gasteiger partial charge in [-0.25, -0.2) is 0 Å². The van der Waals surface area contributed by atoms with Crippen LogP contribution in [0.25, 0.3) is 0 Å². The minimum Gasteiger partial charge on any atom is -0.376 e. The first-order chi connectivity index (χ1) is 12.2. The zero-order valence-corrected chi connectivity index (χ0v) is 15.8.